The van der Waals surface area contributed by atoms with Gasteiger partial charge in [0.2, 0.25) is 0 Å². The summed E-state index contributed by atoms with van der Waals surface area (Å²) >= 11 is 1.78. The van der Waals surface area contributed by atoms with E-state index in [9.17, 15) is 4.39 Å². The first kappa shape index (κ1) is 17.9. The Balaban J connectivity index is 1.47. The molecule has 1 heterocycles. The van der Waals surface area contributed by atoms with Gasteiger partial charge in [0.1, 0.15) is 5.82 Å². The second-order valence-electron chi connectivity index (χ2n) is 6.46. The molecule has 0 amide bonds. The molecule has 6 heteroatoms. The van der Waals surface area contributed by atoms with Crippen LogP contribution < -0.4 is 10.6 Å². The molecule has 3 rings (SSSR count). The summed E-state index contributed by atoms with van der Waals surface area (Å²) in [5.41, 5.74) is 1.32. The maximum atomic E-state index is 13.1. The number of hydrogen-bond donors (Lipinski definition) is 2. The molecule has 1 fully saturated rings. The molecule has 2 aromatic rings. The molecule has 1 aliphatic carbocycles. The van der Waals surface area contributed by atoms with Gasteiger partial charge in [0.05, 0.1) is 5.01 Å². The molecular formula is C19H25FN4S. The Kier molecular flexibility index (Phi) is 5.68. The number of benzene rings is 1. The van der Waals surface area contributed by atoms with Gasteiger partial charge < -0.3 is 10.6 Å². The van der Waals surface area contributed by atoms with Crippen LogP contribution >= 0.6 is 11.3 Å². The number of thiazole rings is 1. The molecule has 2 N–H and O–H groups in total. The minimum atomic E-state index is -0.182. The highest BCUT2D eigenvalue weighted by atomic mass is 32.1. The normalized spacial score (nSPS) is 15.9. The number of nitrogens with one attached hydrogen (secondary N) is 2. The van der Waals surface area contributed by atoms with Crippen LogP contribution in [0.15, 0.2) is 35.5 Å². The highest BCUT2D eigenvalue weighted by molar-refractivity contribution is 7.11. The van der Waals surface area contributed by atoms with Gasteiger partial charge in [0, 0.05) is 43.0 Å². The Labute approximate surface area is 152 Å². The summed E-state index contributed by atoms with van der Waals surface area (Å²) in [6.45, 7) is 3.77. The van der Waals surface area contributed by atoms with Gasteiger partial charge in [-0.25, -0.2) is 9.37 Å². The molecule has 0 aliphatic heterocycles. The average Bonchev–Trinajstić information content (AvgIpc) is 3.28. The highest BCUT2D eigenvalue weighted by Crippen LogP contribution is 2.47. The lowest BCUT2D eigenvalue weighted by atomic mass is 9.96. The monoisotopic (exact) mass is 360 g/mol. The average molecular weight is 361 g/mol. The number of aliphatic imine (C=N–C) groups is 1. The number of aryl methyl sites for hydroxylation is 1. The van der Waals surface area contributed by atoms with Crippen LogP contribution in [0.4, 0.5) is 4.39 Å². The smallest absolute Gasteiger partial charge is 0.191 e. The van der Waals surface area contributed by atoms with Crippen molar-refractivity contribution < 1.29 is 4.39 Å². The number of aromatic nitrogens is 1. The highest BCUT2D eigenvalue weighted by Gasteiger charge is 2.44. The van der Waals surface area contributed by atoms with Crippen molar-refractivity contribution in [3.63, 3.8) is 0 Å². The molecule has 1 saturated carbocycles. The van der Waals surface area contributed by atoms with Crippen molar-refractivity contribution in [1.29, 1.82) is 0 Å². The molecule has 0 bridgehead atoms. The predicted molar refractivity (Wildman–Crippen MR) is 102 cm³/mol. The molecule has 0 atom stereocenters. The number of halogens is 1. The van der Waals surface area contributed by atoms with Gasteiger partial charge in [-0.3, -0.25) is 4.99 Å². The Hall–Kier alpha value is -1.95. The summed E-state index contributed by atoms with van der Waals surface area (Å²) in [5.74, 6) is 0.624. The Bertz CT molecular complexity index is 719. The molecular weight excluding hydrogens is 335 g/mol. The van der Waals surface area contributed by atoms with Crippen molar-refractivity contribution in [3.05, 3.63) is 51.7 Å². The van der Waals surface area contributed by atoms with Gasteiger partial charge in [-0.2, -0.15) is 0 Å². The Morgan fingerprint density at radius 1 is 1.28 bits per heavy atom. The maximum absolute atomic E-state index is 13.1. The second kappa shape index (κ2) is 7.95. The Morgan fingerprint density at radius 3 is 2.64 bits per heavy atom. The van der Waals surface area contributed by atoms with Crippen molar-refractivity contribution in [3.8, 4) is 0 Å². The first-order valence-electron chi connectivity index (χ1n) is 8.79. The predicted octanol–water partition coefficient (Wildman–Crippen LogP) is 3.28. The van der Waals surface area contributed by atoms with Crippen LogP contribution in [0, 0.1) is 5.82 Å². The van der Waals surface area contributed by atoms with Gasteiger partial charge in [0.15, 0.2) is 5.96 Å². The lowest BCUT2D eigenvalue weighted by molar-refractivity contribution is 0.617. The summed E-state index contributed by atoms with van der Waals surface area (Å²) < 4.78 is 13.1. The van der Waals surface area contributed by atoms with E-state index in [0.717, 1.165) is 49.7 Å². The topological polar surface area (TPSA) is 49.3 Å². The molecule has 134 valence electrons. The van der Waals surface area contributed by atoms with Crippen molar-refractivity contribution in [2.24, 2.45) is 4.99 Å². The number of rotatable bonds is 7. The van der Waals surface area contributed by atoms with Crippen LogP contribution in [0.1, 0.15) is 35.2 Å². The van der Waals surface area contributed by atoms with Gasteiger partial charge in [-0.15, -0.1) is 11.3 Å². The van der Waals surface area contributed by atoms with Crippen LogP contribution in [0.2, 0.25) is 0 Å². The van der Waals surface area contributed by atoms with Crippen molar-refractivity contribution in [1.82, 2.24) is 15.6 Å². The van der Waals surface area contributed by atoms with E-state index < -0.39 is 0 Å². The quantitative estimate of drug-likeness (QED) is 0.588. The zero-order valence-corrected chi connectivity index (χ0v) is 15.6. The first-order chi connectivity index (χ1) is 12.1. The largest absolute Gasteiger partial charge is 0.356 e. The summed E-state index contributed by atoms with van der Waals surface area (Å²) in [7, 11) is 1.78. The first-order valence-corrected chi connectivity index (χ1v) is 9.61. The third-order valence-corrected chi connectivity index (χ3v) is 5.91. The third kappa shape index (κ3) is 4.57. The summed E-state index contributed by atoms with van der Waals surface area (Å²) in [6.07, 6.45) is 6.16. The fraction of sp³-hybridized carbons (Fsp3) is 0.474. The van der Waals surface area contributed by atoms with Gasteiger partial charge in [-0.05, 0) is 37.0 Å². The van der Waals surface area contributed by atoms with Crippen LogP contribution in [0.25, 0.3) is 0 Å². The van der Waals surface area contributed by atoms with Crippen LogP contribution in [0.5, 0.6) is 0 Å². The van der Waals surface area contributed by atoms with E-state index in [1.165, 1.54) is 10.4 Å². The van der Waals surface area contributed by atoms with Crippen molar-refractivity contribution in [2.75, 3.05) is 20.1 Å². The van der Waals surface area contributed by atoms with Gasteiger partial charge in [-0.1, -0.05) is 19.1 Å². The second-order valence-corrected chi connectivity index (χ2v) is 7.66. The van der Waals surface area contributed by atoms with E-state index in [4.69, 9.17) is 0 Å². The zero-order chi connectivity index (χ0) is 17.7. The van der Waals surface area contributed by atoms with Crippen LogP contribution in [0.3, 0.4) is 0 Å². The fourth-order valence-corrected chi connectivity index (χ4v) is 3.77. The van der Waals surface area contributed by atoms with E-state index in [0.29, 0.717) is 0 Å². The zero-order valence-electron chi connectivity index (χ0n) is 14.8. The molecule has 0 radical (unpaired) electrons. The van der Waals surface area contributed by atoms with Crippen LogP contribution in [-0.4, -0.2) is 31.1 Å². The SMILES string of the molecule is CCc1cnc(CCNC(=NC)NCC2(c3ccc(F)cc3)CC2)s1. The lowest BCUT2D eigenvalue weighted by Crippen LogP contribution is -2.41. The minimum Gasteiger partial charge on any atom is -0.356 e. The van der Waals surface area contributed by atoms with Gasteiger partial charge in [0.25, 0.3) is 0 Å². The summed E-state index contributed by atoms with van der Waals surface area (Å²) in [4.78, 5) is 10.1. The van der Waals surface area contributed by atoms with E-state index in [1.54, 1.807) is 30.5 Å². The molecule has 25 heavy (non-hydrogen) atoms. The summed E-state index contributed by atoms with van der Waals surface area (Å²) in [5, 5.41) is 7.92. The molecule has 4 nitrogen and oxygen atoms in total. The third-order valence-electron chi connectivity index (χ3n) is 4.71. The van der Waals surface area contributed by atoms with Crippen molar-refractivity contribution in [2.45, 2.75) is 38.0 Å². The molecule has 1 aromatic carbocycles. The standard InChI is InChI=1S/C19H25FN4S/c1-3-16-12-23-17(25-16)8-11-22-18(21-2)24-13-19(9-10-19)14-4-6-15(20)7-5-14/h4-7,12H,3,8-11,13H2,1-2H3,(H2,21,22,24). The lowest BCUT2D eigenvalue weighted by Gasteiger charge is -2.19. The van der Waals surface area contributed by atoms with Crippen molar-refractivity contribution >= 4 is 17.3 Å². The molecule has 1 aliphatic rings. The fourth-order valence-electron chi connectivity index (χ4n) is 2.91. The Morgan fingerprint density at radius 2 is 2.04 bits per heavy atom. The molecule has 0 saturated heterocycles. The minimum absolute atomic E-state index is 0.122. The molecule has 0 unspecified atom stereocenters. The number of nitrogens with zero attached hydrogens (tertiary/aromatic N) is 2. The number of hydrogen-bond acceptors (Lipinski definition) is 3. The maximum Gasteiger partial charge on any atom is 0.191 e. The van der Waals surface area contributed by atoms with Gasteiger partial charge >= 0.3 is 0 Å². The number of guanidine groups is 1. The van der Waals surface area contributed by atoms with E-state index in [1.807, 2.05) is 18.3 Å². The molecule has 0 spiro atoms. The summed E-state index contributed by atoms with van der Waals surface area (Å²) in [6, 6.07) is 6.88. The van der Waals surface area contributed by atoms with E-state index in [-0.39, 0.29) is 11.2 Å². The van der Waals surface area contributed by atoms with E-state index in [2.05, 4.69) is 27.5 Å². The van der Waals surface area contributed by atoms with Crippen LogP contribution in [-0.2, 0) is 18.3 Å². The molecule has 1 aromatic heterocycles. The van der Waals surface area contributed by atoms with E-state index >= 15 is 0 Å².